The minimum atomic E-state index is 0.0279. The fraction of sp³-hybridized carbons (Fsp3) is 0.429. The Hall–Kier alpha value is -1.66. The molecule has 1 fully saturated rings. The van der Waals surface area contributed by atoms with E-state index >= 15 is 0 Å². The lowest BCUT2D eigenvalue weighted by Crippen LogP contribution is -2.48. The van der Waals surface area contributed by atoms with Gasteiger partial charge in [0, 0.05) is 26.2 Å². The normalized spacial score (nSPS) is 15.9. The van der Waals surface area contributed by atoms with E-state index in [4.69, 9.17) is 18.0 Å². The summed E-state index contributed by atoms with van der Waals surface area (Å²) in [6.45, 7) is 6.53. The molecule has 1 saturated heterocycles. The van der Waals surface area contributed by atoms with E-state index in [2.05, 4.69) is 17.1 Å². The van der Waals surface area contributed by atoms with E-state index in [1.807, 2.05) is 23.1 Å². The zero-order chi connectivity index (χ0) is 14.5. The molecule has 0 aliphatic carbocycles. The van der Waals surface area contributed by atoms with Gasteiger partial charge in [0.25, 0.3) is 5.91 Å². The first-order valence-corrected chi connectivity index (χ1v) is 7.19. The second-order valence-electron chi connectivity index (χ2n) is 4.76. The molecule has 2 rings (SSSR count). The number of nitrogens with zero attached hydrogens (tertiary/aromatic N) is 2. The highest BCUT2D eigenvalue weighted by atomic mass is 32.1. The minimum absolute atomic E-state index is 0.0279. The van der Waals surface area contributed by atoms with Crippen LogP contribution in [0.2, 0.25) is 0 Å². The van der Waals surface area contributed by atoms with Crippen molar-refractivity contribution in [2.45, 2.75) is 6.92 Å². The van der Waals surface area contributed by atoms with Gasteiger partial charge in [0.15, 0.2) is 5.11 Å². The molecule has 1 aliphatic rings. The van der Waals surface area contributed by atoms with Crippen molar-refractivity contribution in [3.05, 3.63) is 29.8 Å². The molecule has 20 heavy (non-hydrogen) atoms. The number of likely N-dealkylation sites (N-methyl/N-ethyl adjacent to an activating group) is 1. The fourth-order valence-corrected chi connectivity index (χ4v) is 2.46. The molecular formula is C14H20N4OS. The van der Waals surface area contributed by atoms with Crippen LogP contribution in [0.3, 0.4) is 0 Å². The number of rotatable bonds is 3. The van der Waals surface area contributed by atoms with Crippen LogP contribution in [0.5, 0.6) is 0 Å². The first kappa shape index (κ1) is 14.7. The number of nitrogens with one attached hydrogen (secondary N) is 1. The number of amides is 1. The van der Waals surface area contributed by atoms with E-state index in [9.17, 15) is 4.79 Å². The van der Waals surface area contributed by atoms with Crippen LogP contribution in [0.1, 0.15) is 17.3 Å². The van der Waals surface area contributed by atoms with Crippen molar-refractivity contribution in [3.8, 4) is 0 Å². The molecule has 0 atom stereocenters. The summed E-state index contributed by atoms with van der Waals surface area (Å²) in [5.41, 5.74) is 6.78. The Morgan fingerprint density at radius 1 is 1.30 bits per heavy atom. The highest BCUT2D eigenvalue weighted by molar-refractivity contribution is 7.80. The van der Waals surface area contributed by atoms with Crippen molar-refractivity contribution in [3.63, 3.8) is 0 Å². The van der Waals surface area contributed by atoms with Gasteiger partial charge >= 0.3 is 0 Å². The highest BCUT2D eigenvalue weighted by Crippen LogP contribution is 2.18. The molecule has 0 unspecified atom stereocenters. The Balaban J connectivity index is 2.11. The molecule has 1 aliphatic heterocycles. The fourth-order valence-electron chi connectivity index (χ4n) is 2.35. The van der Waals surface area contributed by atoms with Crippen molar-refractivity contribution < 1.29 is 4.79 Å². The summed E-state index contributed by atoms with van der Waals surface area (Å²) < 4.78 is 0. The zero-order valence-corrected chi connectivity index (χ0v) is 12.4. The Morgan fingerprint density at radius 3 is 2.55 bits per heavy atom. The SMILES string of the molecule is CCN1CCN(C(=O)c2ccccc2NC(N)=S)CC1. The highest BCUT2D eigenvalue weighted by Gasteiger charge is 2.23. The van der Waals surface area contributed by atoms with Crippen LogP contribution < -0.4 is 11.1 Å². The second-order valence-corrected chi connectivity index (χ2v) is 5.20. The molecule has 3 N–H and O–H groups in total. The number of anilines is 1. The molecule has 108 valence electrons. The summed E-state index contributed by atoms with van der Waals surface area (Å²) in [4.78, 5) is 16.8. The van der Waals surface area contributed by atoms with Crippen LogP contribution in [-0.2, 0) is 0 Å². The summed E-state index contributed by atoms with van der Waals surface area (Å²) >= 11 is 4.85. The largest absolute Gasteiger partial charge is 0.376 e. The number of para-hydroxylation sites is 1. The van der Waals surface area contributed by atoms with Gasteiger partial charge in [0.2, 0.25) is 0 Å². The average Bonchev–Trinajstić information content (AvgIpc) is 2.46. The topological polar surface area (TPSA) is 61.6 Å². The summed E-state index contributed by atoms with van der Waals surface area (Å²) in [7, 11) is 0. The van der Waals surface area contributed by atoms with E-state index in [-0.39, 0.29) is 11.0 Å². The first-order chi connectivity index (χ1) is 9.61. The number of piperazine rings is 1. The zero-order valence-electron chi connectivity index (χ0n) is 11.6. The maximum Gasteiger partial charge on any atom is 0.256 e. The lowest BCUT2D eigenvalue weighted by molar-refractivity contribution is 0.0644. The third kappa shape index (κ3) is 3.46. The number of hydrogen-bond acceptors (Lipinski definition) is 3. The molecule has 1 aromatic rings. The van der Waals surface area contributed by atoms with Gasteiger partial charge in [-0.25, -0.2) is 0 Å². The summed E-state index contributed by atoms with van der Waals surface area (Å²) in [5.74, 6) is 0.0279. The Labute approximate surface area is 124 Å². The van der Waals surface area contributed by atoms with Crippen molar-refractivity contribution in [1.29, 1.82) is 0 Å². The minimum Gasteiger partial charge on any atom is -0.376 e. The molecule has 0 radical (unpaired) electrons. The van der Waals surface area contributed by atoms with Crippen molar-refractivity contribution in [1.82, 2.24) is 9.80 Å². The van der Waals surface area contributed by atoms with Crippen LogP contribution >= 0.6 is 12.2 Å². The lowest BCUT2D eigenvalue weighted by Gasteiger charge is -2.34. The van der Waals surface area contributed by atoms with Crippen molar-refractivity contribution in [2.24, 2.45) is 5.73 Å². The van der Waals surface area contributed by atoms with Gasteiger partial charge < -0.3 is 20.9 Å². The summed E-state index contributed by atoms with van der Waals surface area (Å²) in [5, 5.41) is 3.03. The number of carbonyl (C=O) groups excluding carboxylic acids is 1. The smallest absolute Gasteiger partial charge is 0.256 e. The third-order valence-electron chi connectivity index (χ3n) is 3.52. The van der Waals surface area contributed by atoms with Crippen LogP contribution in [0.4, 0.5) is 5.69 Å². The van der Waals surface area contributed by atoms with Gasteiger partial charge in [0.05, 0.1) is 11.3 Å². The first-order valence-electron chi connectivity index (χ1n) is 6.79. The van der Waals surface area contributed by atoms with Crippen LogP contribution in [-0.4, -0.2) is 53.5 Å². The molecule has 0 spiro atoms. The number of nitrogens with two attached hydrogens (primary N) is 1. The van der Waals surface area contributed by atoms with Gasteiger partial charge in [0.1, 0.15) is 0 Å². The van der Waals surface area contributed by atoms with Crippen LogP contribution in [0, 0.1) is 0 Å². The predicted octanol–water partition coefficient (Wildman–Crippen LogP) is 1.12. The van der Waals surface area contributed by atoms with Crippen molar-refractivity contribution >= 4 is 28.9 Å². The monoisotopic (exact) mass is 292 g/mol. The quantitative estimate of drug-likeness (QED) is 0.818. The Bertz CT molecular complexity index is 498. The number of thiocarbonyl (C=S) groups is 1. The third-order valence-corrected chi connectivity index (χ3v) is 3.62. The van der Waals surface area contributed by atoms with Crippen LogP contribution in [0.15, 0.2) is 24.3 Å². The van der Waals surface area contributed by atoms with E-state index in [0.29, 0.717) is 11.3 Å². The molecule has 1 heterocycles. The number of benzene rings is 1. The lowest BCUT2D eigenvalue weighted by atomic mass is 10.1. The molecule has 6 heteroatoms. The molecule has 1 aromatic carbocycles. The van der Waals surface area contributed by atoms with E-state index in [1.165, 1.54) is 0 Å². The van der Waals surface area contributed by atoms with Crippen molar-refractivity contribution in [2.75, 3.05) is 38.0 Å². The summed E-state index contributed by atoms with van der Waals surface area (Å²) in [6.07, 6.45) is 0. The second kappa shape index (κ2) is 6.67. The molecule has 5 nitrogen and oxygen atoms in total. The van der Waals surface area contributed by atoms with E-state index < -0.39 is 0 Å². The molecule has 0 aromatic heterocycles. The molecule has 0 saturated carbocycles. The van der Waals surface area contributed by atoms with Gasteiger partial charge in [-0.15, -0.1) is 0 Å². The van der Waals surface area contributed by atoms with Gasteiger partial charge in [-0.2, -0.15) is 0 Å². The van der Waals surface area contributed by atoms with E-state index in [1.54, 1.807) is 6.07 Å². The number of hydrogen-bond donors (Lipinski definition) is 2. The number of carbonyl (C=O) groups is 1. The maximum absolute atomic E-state index is 12.6. The Kier molecular flexibility index (Phi) is 4.92. The molecular weight excluding hydrogens is 272 g/mol. The van der Waals surface area contributed by atoms with Gasteiger partial charge in [-0.1, -0.05) is 19.1 Å². The molecule has 1 amide bonds. The standard InChI is InChI=1S/C14H20N4OS/c1-2-17-7-9-18(10-8-17)13(19)11-5-3-4-6-12(11)16-14(15)20/h3-6H,2,7-10H2,1H3,(H3,15,16,20). The van der Waals surface area contributed by atoms with Crippen LogP contribution in [0.25, 0.3) is 0 Å². The summed E-state index contributed by atoms with van der Waals surface area (Å²) in [6, 6.07) is 7.32. The average molecular weight is 292 g/mol. The predicted molar refractivity (Wildman–Crippen MR) is 84.9 cm³/mol. The van der Waals surface area contributed by atoms with Gasteiger partial charge in [-0.05, 0) is 30.9 Å². The Morgan fingerprint density at radius 2 is 1.95 bits per heavy atom. The van der Waals surface area contributed by atoms with E-state index in [0.717, 1.165) is 32.7 Å². The van der Waals surface area contributed by atoms with Gasteiger partial charge in [-0.3, -0.25) is 4.79 Å². The molecule has 0 bridgehead atoms. The maximum atomic E-state index is 12.6.